The van der Waals surface area contributed by atoms with Crippen molar-refractivity contribution in [3.63, 3.8) is 0 Å². The van der Waals surface area contributed by atoms with E-state index in [9.17, 15) is 0 Å². The van der Waals surface area contributed by atoms with Crippen molar-refractivity contribution in [2.45, 2.75) is 39.2 Å². The molecule has 1 aliphatic carbocycles. The molecule has 0 spiro atoms. The van der Waals surface area contributed by atoms with Crippen LogP contribution in [0.3, 0.4) is 0 Å². The molecule has 1 aliphatic rings. The Bertz CT molecular complexity index is 282. The quantitative estimate of drug-likeness (QED) is 0.270. The summed E-state index contributed by atoms with van der Waals surface area (Å²) in [6, 6.07) is 0. The number of guanidine groups is 1. The maximum atomic E-state index is 5.58. The summed E-state index contributed by atoms with van der Waals surface area (Å²) in [6.45, 7) is 10.0. The van der Waals surface area contributed by atoms with Crippen LogP contribution in [-0.4, -0.2) is 51.5 Å². The van der Waals surface area contributed by atoms with Gasteiger partial charge in [-0.1, -0.05) is 0 Å². The molecule has 0 aliphatic heterocycles. The molecule has 0 aromatic rings. The van der Waals surface area contributed by atoms with Crippen molar-refractivity contribution in [2.75, 3.05) is 40.0 Å². The van der Waals surface area contributed by atoms with Gasteiger partial charge in [0, 0.05) is 26.8 Å². The van der Waals surface area contributed by atoms with Gasteiger partial charge in [0.05, 0.1) is 18.8 Å². The van der Waals surface area contributed by atoms with Crippen LogP contribution >= 0.6 is 24.0 Å². The maximum absolute atomic E-state index is 5.58. The molecular formula is C14H30IN3O2. The zero-order valence-corrected chi connectivity index (χ0v) is 15.5. The van der Waals surface area contributed by atoms with Crippen LogP contribution in [0.1, 0.15) is 33.6 Å². The number of halogens is 1. The Kier molecular flexibility index (Phi) is 10.6. The minimum Gasteiger partial charge on any atom is -0.379 e. The third kappa shape index (κ3) is 9.77. The van der Waals surface area contributed by atoms with E-state index >= 15 is 0 Å². The zero-order chi connectivity index (χ0) is 14.1. The summed E-state index contributed by atoms with van der Waals surface area (Å²) in [5.74, 6) is 1.65. The Hall–Kier alpha value is -0.0800. The average Bonchev–Trinajstić information content (AvgIpc) is 3.19. The highest BCUT2D eigenvalue weighted by molar-refractivity contribution is 14.0. The van der Waals surface area contributed by atoms with E-state index in [-0.39, 0.29) is 29.6 Å². The van der Waals surface area contributed by atoms with Crippen molar-refractivity contribution in [3.05, 3.63) is 0 Å². The monoisotopic (exact) mass is 399 g/mol. The van der Waals surface area contributed by atoms with Crippen LogP contribution in [0.5, 0.6) is 0 Å². The van der Waals surface area contributed by atoms with Gasteiger partial charge in [0.1, 0.15) is 0 Å². The number of methoxy groups -OCH3 is 1. The van der Waals surface area contributed by atoms with Gasteiger partial charge in [-0.3, -0.25) is 4.99 Å². The summed E-state index contributed by atoms with van der Waals surface area (Å²) >= 11 is 0. The van der Waals surface area contributed by atoms with Gasteiger partial charge in [0.2, 0.25) is 0 Å². The second-order valence-corrected chi connectivity index (χ2v) is 5.60. The minimum atomic E-state index is -0.231. The molecule has 0 unspecified atom stereocenters. The lowest BCUT2D eigenvalue weighted by Gasteiger charge is -2.21. The summed E-state index contributed by atoms with van der Waals surface area (Å²) in [5, 5.41) is 6.49. The molecular weight excluding hydrogens is 369 g/mol. The normalized spacial score (nSPS) is 15.7. The Labute approximate surface area is 140 Å². The highest BCUT2D eigenvalue weighted by Crippen LogP contribution is 2.28. The van der Waals surface area contributed by atoms with E-state index in [0.29, 0.717) is 6.54 Å². The predicted octanol–water partition coefficient (Wildman–Crippen LogP) is 2.01. The van der Waals surface area contributed by atoms with Gasteiger partial charge in [0.15, 0.2) is 5.96 Å². The van der Waals surface area contributed by atoms with E-state index in [1.165, 1.54) is 12.8 Å². The van der Waals surface area contributed by atoms with Gasteiger partial charge >= 0.3 is 0 Å². The van der Waals surface area contributed by atoms with Crippen LogP contribution in [0.2, 0.25) is 0 Å². The fourth-order valence-electron chi connectivity index (χ4n) is 1.45. The number of ether oxygens (including phenoxy) is 2. The molecule has 6 heteroatoms. The second-order valence-electron chi connectivity index (χ2n) is 5.60. The van der Waals surface area contributed by atoms with Crippen molar-refractivity contribution in [3.8, 4) is 0 Å². The van der Waals surface area contributed by atoms with Gasteiger partial charge in [0.25, 0.3) is 0 Å². The van der Waals surface area contributed by atoms with E-state index in [2.05, 4.69) is 22.5 Å². The molecule has 120 valence electrons. The first kappa shape index (κ1) is 19.9. The van der Waals surface area contributed by atoms with Crippen LogP contribution < -0.4 is 10.6 Å². The van der Waals surface area contributed by atoms with E-state index in [1.54, 1.807) is 7.11 Å². The largest absolute Gasteiger partial charge is 0.379 e. The van der Waals surface area contributed by atoms with Gasteiger partial charge in [-0.2, -0.15) is 0 Å². The smallest absolute Gasteiger partial charge is 0.191 e. The highest BCUT2D eigenvalue weighted by Gasteiger charge is 2.20. The van der Waals surface area contributed by atoms with E-state index in [1.807, 2.05) is 13.8 Å². The van der Waals surface area contributed by atoms with Gasteiger partial charge in [-0.05, 0) is 39.5 Å². The third-order valence-corrected chi connectivity index (χ3v) is 3.10. The summed E-state index contributed by atoms with van der Waals surface area (Å²) < 4.78 is 10.9. The van der Waals surface area contributed by atoms with Crippen LogP contribution in [0.15, 0.2) is 4.99 Å². The van der Waals surface area contributed by atoms with Crippen molar-refractivity contribution < 1.29 is 9.47 Å². The first-order valence-corrected chi connectivity index (χ1v) is 7.22. The summed E-state index contributed by atoms with van der Waals surface area (Å²) in [4.78, 5) is 4.51. The van der Waals surface area contributed by atoms with Crippen LogP contribution in [0.4, 0.5) is 0 Å². The molecule has 1 fully saturated rings. The van der Waals surface area contributed by atoms with Crippen molar-refractivity contribution in [2.24, 2.45) is 10.9 Å². The first-order valence-electron chi connectivity index (χ1n) is 7.22. The Morgan fingerprint density at radius 1 is 1.30 bits per heavy atom. The molecule has 0 amide bonds. The number of hydrogen-bond donors (Lipinski definition) is 2. The summed E-state index contributed by atoms with van der Waals surface area (Å²) in [5.41, 5.74) is -0.231. The Morgan fingerprint density at radius 2 is 2.00 bits per heavy atom. The lowest BCUT2D eigenvalue weighted by Crippen LogP contribution is -2.40. The first-order chi connectivity index (χ1) is 9.07. The zero-order valence-electron chi connectivity index (χ0n) is 13.2. The van der Waals surface area contributed by atoms with Gasteiger partial charge in [-0.25, -0.2) is 0 Å². The number of rotatable bonds is 9. The van der Waals surface area contributed by atoms with Crippen molar-refractivity contribution >= 4 is 29.9 Å². The number of nitrogens with zero attached hydrogens (tertiary/aromatic N) is 1. The number of aliphatic imine (C=N–C) groups is 1. The minimum absolute atomic E-state index is 0. The molecule has 2 N–H and O–H groups in total. The molecule has 0 heterocycles. The van der Waals surface area contributed by atoms with Gasteiger partial charge < -0.3 is 20.1 Å². The van der Waals surface area contributed by atoms with Crippen LogP contribution in [-0.2, 0) is 9.47 Å². The third-order valence-electron chi connectivity index (χ3n) is 3.10. The molecule has 5 nitrogen and oxygen atoms in total. The maximum Gasteiger partial charge on any atom is 0.191 e. The summed E-state index contributed by atoms with van der Waals surface area (Å²) in [7, 11) is 1.71. The SMILES string of the molecule is CCNC(=NCC(C)(C)OC)NCCOCC1CC1.I. The van der Waals surface area contributed by atoms with E-state index in [0.717, 1.165) is 38.2 Å². The van der Waals surface area contributed by atoms with E-state index < -0.39 is 0 Å². The molecule has 0 saturated heterocycles. The summed E-state index contributed by atoms with van der Waals surface area (Å²) in [6.07, 6.45) is 2.67. The van der Waals surface area contributed by atoms with Crippen LogP contribution in [0.25, 0.3) is 0 Å². The van der Waals surface area contributed by atoms with Gasteiger partial charge in [-0.15, -0.1) is 24.0 Å². The topological polar surface area (TPSA) is 54.9 Å². The Morgan fingerprint density at radius 3 is 2.55 bits per heavy atom. The Balaban J connectivity index is 0.00000361. The predicted molar refractivity (Wildman–Crippen MR) is 94.0 cm³/mol. The van der Waals surface area contributed by atoms with Crippen molar-refractivity contribution in [1.82, 2.24) is 10.6 Å². The molecule has 0 aromatic heterocycles. The number of nitrogens with one attached hydrogen (secondary N) is 2. The molecule has 0 atom stereocenters. The second kappa shape index (κ2) is 10.6. The van der Waals surface area contributed by atoms with Crippen molar-refractivity contribution in [1.29, 1.82) is 0 Å². The molecule has 0 bridgehead atoms. The standard InChI is InChI=1S/C14H29N3O2.HI/c1-5-15-13(17-11-14(2,3)18-4)16-8-9-19-10-12-6-7-12;/h12H,5-11H2,1-4H3,(H2,15,16,17);1H. The lowest BCUT2D eigenvalue weighted by atomic mass is 10.1. The lowest BCUT2D eigenvalue weighted by molar-refractivity contribution is 0.0310. The fourth-order valence-corrected chi connectivity index (χ4v) is 1.45. The highest BCUT2D eigenvalue weighted by atomic mass is 127. The van der Waals surface area contributed by atoms with Crippen LogP contribution in [0, 0.1) is 5.92 Å². The molecule has 0 aromatic carbocycles. The average molecular weight is 399 g/mol. The molecule has 1 saturated carbocycles. The molecule has 1 rings (SSSR count). The molecule has 0 radical (unpaired) electrons. The number of hydrogen-bond acceptors (Lipinski definition) is 3. The van der Waals surface area contributed by atoms with E-state index in [4.69, 9.17) is 9.47 Å². The fraction of sp³-hybridized carbons (Fsp3) is 0.929. The molecule has 20 heavy (non-hydrogen) atoms.